The number of benzene rings is 1. The first kappa shape index (κ1) is 14.3. The van der Waals surface area contributed by atoms with Crippen LogP contribution in [0.5, 0.6) is 5.75 Å². The first-order chi connectivity index (χ1) is 9.02. The molecule has 19 heavy (non-hydrogen) atoms. The van der Waals surface area contributed by atoms with Crippen LogP contribution < -0.4 is 10.1 Å². The first-order valence-corrected chi connectivity index (χ1v) is 6.82. The lowest BCUT2D eigenvalue weighted by Crippen LogP contribution is -2.49. The zero-order valence-electron chi connectivity index (χ0n) is 11.5. The highest BCUT2D eigenvalue weighted by Gasteiger charge is 2.33. The van der Waals surface area contributed by atoms with Crippen LogP contribution in [-0.4, -0.2) is 29.4 Å². The van der Waals surface area contributed by atoms with Crippen LogP contribution in [0.1, 0.15) is 33.1 Å². The van der Waals surface area contributed by atoms with Crippen molar-refractivity contribution in [1.29, 1.82) is 0 Å². The fraction of sp³-hybridized carbons (Fsp3) is 0.600. The third-order valence-electron chi connectivity index (χ3n) is 3.38. The predicted octanol–water partition coefficient (Wildman–Crippen LogP) is 2.49. The maximum Gasteiger partial charge on any atom is 0.165 e. The lowest BCUT2D eigenvalue weighted by Gasteiger charge is -2.32. The number of hydrogen-bond acceptors (Lipinski definition) is 3. The summed E-state index contributed by atoms with van der Waals surface area (Å²) in [7, 11) is 0. The van der Waals surface area contributed by atoms with Crippen LogP contribution in [0.3, 0.4) is 0 Å². The molecule has 1 saturated carbocycles. The van der Waals surface area contributed by atoms with Gasteiger partial charge in [0, 0.05) is 18.0 Å². The molecule has 0 radical (unpaired) electrons. The molecule has 0 bridgehead atoms. The summed E-state index contributed by atoms with van der Waals surface area (Å²) < 4.78 is 19.1. The Balaban J connectivity index is 1.92. The maximum atomic E-state index is 13.5. The molecule has 2 N–H and O–H groups in total. The van der Waals surface area contributed by atoms with Crippen LogP contribution in [0, 0.1) is 5.82 Å². The van der Waals surface area contributed by atoms with Crippen LogP contribution in [0.4, 0.5) is 4.39 Å². The third kappa shape index (κ3) is 4.18. The summed E-state index contributed by atoms with van der Waals surface area (Å²) in [6, 6.07) is 6.91. The second-order valence-electron chi connectivity index (χ2n) is 5.70. The van der Waals surface area contributed by atoms with Crippen molar-refractivity contribution in [1.82, 2.24) is 5.32 Å². The summed E-state index contributed by atoms with van der Waals surface area (Å²) >= 11 is 0. The number of ether oxygens (including phenoxy) is 1. The fourth-order valence-corrected chi connectivity index (χ4v) is 2.32. The molecule has 1 fully saturated rings. The number of aliphatic hydroxyl groups is 1. The standard InChI is InChI=1S/C15H22FNO2/c1-11(19-14-6-4-3-5-13(14)16)9-15(2,10-18)17-12-7-8-12/h3-6,11-12,17-18H,7-10H2,1-2H3. The van der Waals surface area contributed by atoms with Gasteiger partial charge in [-0.3, -0.25) is 0 Å². The molecule has 4 heteroatoms. The Morgan fingerprint density at radius 3 is 2.74 bits per heavy atom. The SMILES string of the molecule is CC(CC(C)(CO)NC1CC1)Oc1ccccc1F. The molecule has 1 aliphatic carbocycles. The van der Waals surface area contributed by atoms with Gasteiger partial charge in [-0.2, -0.15) is 0 Å². The summed E-state index contributed by atoms with van der Waals surface area (Å²) in [5, 5.41) is 13.0. The number of nitrogens with one attached hydrogen (secondary N) is 1. The largest absolute Gasteiger partial charge is 0.488 e. The highest BCUT2D eigenvalue weighted by Crippen LogP contribution is 2.26. The number of rotatable bonds is 7. The van der Waals surface area contributed by atoms with E-state index in [0.717, 1.165) is 12.8 Å². The highest BCUT2D eigenvalue weighted by atomic mass is 19.1. The van der Waals surface area contributed by atoms with Crippen molar-refractivity contribution < 1.29 is 14.2 Å². The third-order valence-corrected chi connectivity index (χ3v) is 3.38. The Labute approximate surface area is 113 Å². The van der Waals surface area contributed by atoms with Crippen molar-refractivity contribution >= 4 is 0 Å². The Morgan fingerprint density at radius 2 is 2.16 bits per heavy atom. The van der Waals surface area contributed by atoms with Gasteiger partial charge in [-0.25, -0.2) is 4.39 Å². The molecule has 106 valence electrons. The lowest BCUT2D eigenvalue weighted by atomic mass is 9.95. The van der Waals surface area contributed by atoms with Crippen molar-refractivity contribution in [2.45, 2.75) is 50.8 Å². The van der Waals surface area contributed by atoms with E-state index in [1.54, 1.807) is 18.2 Å². The van der Waals surface area contributed by atoms with Gasteiger partial charge in [-0.1, -0.05) is 12.1 Å². The molecule has 0 saturated heterocycles. The van der Waals surface area contributed by atoms with Gasteiger partial charge in [0.05, 0.1) is 12.7 Å². The zero-order valence-corrected chi connectivity index (χ0v) is 11.5. The normalized spacial score (nSPS) is 19.8. The molecular weight excluding hydrogens is 245 g/mol. The molecular formula is C15H22FNO2. The van der Waals surface area contributed by atoms with Crippen molar-refractivity contribution in [3.8, 4) is 5.75 Å². The van der Waals surface area contributed by atoms with Crippen LogP contribution in [0.2, 0.25) is 0 Å². The number of para-hydroxylation sites is 1. The number of hydrogen-bond donors (Lipinski definition) is 2. The quantitative estimate of drug-likeness (QED) is 0.797. The average Bonchev–Trinajstić information content (AvgIpc) is 3.15. The maximum absolute atomic E-state index is 13.5. The van der Waals surface area contributed by atoms with Gasteiger partial charge in [0.25, 0.3) is 0 Å². The second-order valence-corrected chi connectivity index (χ2v) is 5.70. The monoisotopic (exact) mass is 267 g/mol. The van der Waals surface area contributed by atoms with E-state index in [-0.39, 0.29) is 29.8 Å². The van der Waals surface area contributed by atoms with E-state index in [1.807, 2.05) is 13.8 Å². The van der Waals surface area contributed by atoms with Gasteiger partial charge in [0.2, 0.25) is 0 Å². The molecule has 2 rings (SSSR count). The van der Waals surface area contributed by atoms with Crippen LogP contribution >= 0.6 is 0 Å². The molecule has 0 heterocycles. The minimum Gasteiger partial charge on any atom is -0.488 e. The van der Waals surface area contributed by atoms with Gasteiger partial charge in [0.1, 0.15) is 0 Å². The van der Waals surface area contributed by atoms with E-state index < -0.39 is 0 Å². The van der Waals surface area contributed by atoms with E-state index in [9.17, 15) is 9.50 Å². The van der Waals surface area contributed by atoms with Gasteiger partial charge < -0.3 is 15.2 Å². The second kappa shape index (κ2) is 5.88. The van der Waals surface area contributed by atoms with E-state index in [2.05, 4.69) is 5.32 Å². The molecule has 0 amide bonds. The van der Waals surface area contributed by atoms with Crippen molar-refractivity contribution in [3.63, 3.8) is 0 Å². The van der Waals surface area contributed by atoms with Gasteiger partial charge in [0.15, 0.2) is 11.6 Å². The molecule has 1 aromatic rings. The van der Waals surface area contributed by atoms with Gasteiger partial charge in [-0.05, 0) is 38.8 Å². The summed E-state index contributed by atoms with van der Waals surface area (Å²) in [4.78, 5) is 0. The lowest BCUT2D eigenvalue weighted by molar-refractivity contribution is 0.106. The summed E-state index contributed by atoms with van der Waals surface area (Å²) in [6.07, 6.45) is 2.80. The number of halogens is 1. The first-order valence-electron chi connectivity index (χ1n) is 6.82. The number of aliphatic hydroxyl groups excluding tert-OH is 1. The molecule has 2 unspecified atom stereocenters. The van der Waals surface area contributed by atoms with Crippen LogP contribution in [-0.2, 0) is 0 Å². The van der Waals surface area contributed by atoms with Crippen molar-refractivity contribution in [2.75, 3.05) is 6.61 Å². The smallest absolute Gasteiger partial charge is 0.165 e. The molecule has 0 aromatic heterocycles. The fourth-order valence-electron chi connectivity index (χ4n) is 2.32. The van der Waals surface area contributed by atoms with E-state index in [1.165, 1.54) is 6.07 Å². The average molecular weight is 267 g/mol. The Morgan fingerprint density at radius 1 is 1.47 bits per heavy atom. The Kier molecular flexibility index (Phi) is 4.42. The van der Waals surface area contributed by atoms with Crippen molar-refractivity contribution in [3.05, 3.63) is 30.1 Å². The molecule has 1 aromatic carbocycles. The molecule has 0 aliphatic heterocycles. The predicted molar refractivity (Wildman–Crippen MR) is 72.8 cm³/mol. The Hall–Kier alpha value is -1.13. The van der Waals surface area contributed by atoms with E-state index in [4.69, 9.17) is 4.74 Å². The van der Waals surface area contributed by atoms with Crippen LogP contribution in [0.25, 0.3) is 0 Å². The summed E-state index contributed by atoms with van der Waals surface area (Å²) in [5.74, 6) is -0.0862. The summed E-state index contributed by atoms with van der Waals surface area (Å²) in [5.41, 5.74) is -0.369. The minimum absolute atomic E-state index is 0.0501. The van der Waals surface area contributed by atoms with Crippen LogP contribution in [0.15, 0.2) is 24.3 Å². The summed E-state index contributed by atoms with van der Waals surface area (Å²) in [6.45, 7) is 3.93. The van der Waals surface area contributed by atoms with Crippen molar-refractivity contribution in [2.24, 2.45) is 0 Å². The van der Waals surface area contributed by atoms with E-state index in [0.29, 0.717) is 12.5 Å². The Bertz CT molecular complexity index is 422. The zero-order chi connectivity index (χ0) is 13.9. The van der Waals surface area contributed by atoms with Gasteiger partial charge >= 0.3 is 0 Å². The topological polar surface area (TPSA) is 41.5 Å². The van der Waals surface area contributed by atoms with E-state index >= 15 is 0 Å². The minimum atomic E-state index is -0.369. The molecule has 2 atom stereocenters. The molecule has 0 spiro atoms. The van der Waals surface area contributed by atoms with Gasteiger partial charge in [-0.15, -0.1) is 0 Å². The molecule has 1 aliphatic rings. The molecule has 3 nitrogen and oxygen atoms in total. The highest BCUT2D eigenvalue weighted by molar-refractivity contribution is 5.23.